The van der Waals surface area contributed by atoms with E-state index in [1.807, 2.05) is 0 Å². The quantitative estimate of drug-likeness (QED) is 0.176. The van der Waals surface area contributed by atoms with E-state index in [0.29, 0.717) is 0 Å². The van der Waals surface area contributed by atoms with Crippen molar-refractivity contribution in [3.8, 4) is 44.5 Å². The van der Waals surface area contributed by atoms with E-state index in [0.717, 1.165) is 39.0 Å². The molecule has 0 aliphatic heterocycles. The van der Waals surface area contributed by atoms with Gasteiger partial charge in [-0.3, -0.25) is 0 Å². The van der Waals surface area contributed by atoms with Gasteiger partial charge in [0, 0.05) is 33.4 Å². The first-order valence-electron chi connectivity index (χ1n) is 19.7. The Kier molecular flexibility index (Phi) is 6.88. The molecule has 266 valence electrons. The summed E-state index contributed by atoms with van der Waals surface area (Å²) in [6.45, 7) is 0. The zero-order chi connectivity index (χ0) is 37.5. The number of hydrogen-bond acceptors (Lipinski definition) is 2. The molecule has 0 radical (unpaired) electrons. The number of anilines is 3. The third-order valence-electron chi connectivity index (χ3n) is 12.3. The van der Waals surface area contributed by atoms with Crippen LogP contribution in [-0.4, -0.2) is 0 Å². The smallest absolute Gasteiger partial charge is 0.143 e. The normalized spacial score (nSPS) is 14.7. The van der Waals surface area contributed by atoms with E-state index < -0.39 is 5.41 Å². The van der Waals surface area contributed by atoms with Gasteiger partial charge in [-0.25, -0.2) is 0 Å². The molecule has 2 aliphatic rings. The van der Waals surface area contributed by atoms with Crippen molar-refractivity contribution >= 4 is 39.0 Å². The van der Waals surface area contributed by atoms with Gasteiger partial charge >= 0.3 is 0 Å². The first kappa shape index (κ1) is 31.9. The molecule has 2 aliphatic carbocycles. The van der Waals surface area contributed by atoms with Crippen molar-refractivity contribution in [2.45, 2.75) is 5.41 Å². The van der Waals surface area contributed by atoms with Gasteiger partial charge in [-0.2, -0.15) is 0 Å². The van der Waals surface area contributed by atoms with E-state index in [9.17, 15) is 0 Å². The summed E-state index contributed by atoms with van der Waals surface area (Å²) in [5, 5.41) is 2.30. The van der Waals surface area contributed by atoms with Crippen molar-refractivity contribution in [1.82, 2.24) is 0 Å². The maximum atomic E-state index is 6.77. The van der Waals surface area contributed by atoms with Crippen LogP contribution < -0.4 is 4.90 Å². The second-order valence-corrected chi connectivity index (χ2v) is 15.2. The Morgan fingerprint density at radius 2 is 0.860 bits per heavy atom. The summed E-state index contributed by atoms with van der Waals surface area (Å²) in [7, 11) is 0. The highest BCUT2D eigenvalue weighted by Crippen LogP contribution is 2.64. The first-order valence-corrected chi connectivity index (χ1v) is 19.7. The minimum absolute atomic E-state index is 0.515. The van der Waals surface area contributed by atoms with Crippen LogP contribution in [0, 0.1) is 0 Å². The summed E-state index contributed by atoms with van der Waals surface area (Å²) >= 11 is 0. The molecule has 1 atom stereocenters. The van der Waals surface area contributed by atoms with Crippen LogP contribution in [0.15, 0.2) is 217 Å². The molecule has 0 saturated heterocycles. The molecule has 12 rings (SSSR count). The predicted molar refractivity (Wildman–Crippen MR) is 236 cm³/mol. The van der Waals surface area contributed by atoms with Crippen LogP contribution in [0.3, 0.4) is 0 Å². The van der Waals surface area contributed by atoms with E-state index in [1.165, 1.54) is 66.8 Å². The Morgan fingerprint density at radius 3 is 1.60 bits per heavy atom. The third kappa shape index (κ3) is 4.59. The lowest BCUT2D eigenvalue weighted by Gasteiger charge is -2.32. The molecule has 2 heteroatoms. The van der Waals surface area contributed by atoms with Crippen LogP contribution >= 0.6 is 0 Å². The molecule has 0 fully saturated rings. The Morgan fingerprint density at radius 1 is 0.333 bits per heavy atom. The molecular weight excluding hydrogens is 691 g/mol. The number of fused-ring (bicyclic) bond motifs is 14. The molecule has 1 aromatic heterocycles. The van der Waals surface area contributed by atoms with Gasteiger partial charge in [0.1, 0.15) is 11.2 Å². The molecule has 0 N–H and O–H groups in total. The van der Waals surface area contributed by atoms with Crippen molar-refractivity contribution in [1.29, 1.82) is 0 Å². The van der Waals surface area contributed by atoms with Gasteiger partial charge in [0.05, 0.1) is 5.41 Å². The van der Waals surface area contributed by atoms with Crippen molar-refractivity contribution in [2.24, 2.45) is 0 Å². The summed E-state index contributed by atoms with van der Waals surface area (Å²) in [5.74, 6) is 0. The molecule has 10 aromatic rings. The number of nitrogens with zero attached hydrogens (tertiary/aromatic N) is 1. The fourth-order valence-electron chi connectivity index (χ4n) is 9.84. The van der Waals surface area contributed by atoms with Crippen LogP contribution in [0.5, 0.6) is 0 Å². The number of benzene rings is 9. The second-order valence-electron chi connectivity index (χ2n) is 15.2. The lowest BCUT2D eigenvalue weighted by atomic mass is 9.70. The highest BCUT2D eigenvalue weighted by atomic mass is 16.3. The fraction of sp³-hybridized carbons (Fsp3) is 0.0182. The Hall–Kier alpha value is -7.42. The molecule has 57 heavy (non-hydrogen) atoms. The third-order valence-corrected chi connectivity index (χ3v) is 12.3. The highest BCUT2D eigenvalue weighted by Gasteiger charge is 2.52. The monoisotopic (exact) mass is 725 g/mol. The average molecular weight is 726 g/mol. The number of rotatable bonds is 5. The van der Waals surface area contributed by atoms with Crippen LogP contribution in [0.4, 0.5) is 17.1 Å². The summed E-state index contributed by atoms with van der Waals surface area (Å²) < 4.78 is 6.77. The van der Waals surface area contributed by atoms with E-state index in [4.69, 9.17) is 4.42 Å². The fourth-order valence-corrected chi connectivity index (χ4v) is 9.84. The topological polar surface area (TPSA) is 16.4 Å². The van der Waals surface area contributed by atoms with E-state index in [1.54, 1.807) is 0 Å². The lowest BCUT2D eigenvalue weighted by Crippen LogP contribution is -2.26. The van der Waals surface area contributed by atoms with E-state index >= 15 is 0 Å². The number of para-hydroxylation sites is 2. The van der Waals surface area contributed by atoms with Crippen molar-refractivity contribution in [3.63, 3.8) is 0 Å². The molecule has 1 unspecified atom stereocenters. The largest absolute Gasteiger partial charge is 0.455 e. The Balaban J connectivity index is 1.04. The van der Waals surface area contributed by atoms with Gasteiger partial charge in [0.15, 0.2) is 0 Å². The Bertz CT molecular complexity index is 3160. The van der Waals surface area contributed by atoms with Crippen LogP contribution in [0.1, 0.15) is 22.3 Å². The molecule has 0 bridgehead atoms. The maximum absolute atomic E-state index is 6.77. The van der Waals surface area contributed by atoms with Gasteiger partial charge in [0.25, 0.3) is 0 Å². The summed E-state index contributed by atoms with van der Waals surface area (Å²) in [4.78, 5) is 2.39. The van der Waals surface area contributed by atoms with Crippen molar-refractivity contribution < 1.29 is 4.42 Å². The summed E-state index contributed by atoms with van der Waals surface area (Å²) in [6.07, 6.45) is 0. The van der Waals surface area contributed by atoms with Gasteiger partial charge in [-0.1, -0.05) is 170 Å². The lowest BCUT2D eigenvalue weighted by molar-refractivity contribution is 0.669. The van der Waals surface area contributed by atoms with Crippen molar-refractivity contribution in [2.75, 3.05) is 4.90 Å². The van der Waals surface area contributed by atoms with Crippen LogP contribution in [0.25, 0.3) is 66.4 Å². The molecule has 9 aromatic carbocycles. The van der Waals surface area contributed by atoms with Gasteiger partial charge in [0.2, 0.25) is 0 Å². The van der Waals surface area contributed by atoms with Gasteiger partial charge in [-0.05, 0) is 104 Å². The molecule has 0 amide bonds. The number of hydrogen-bond donors (Lipinski definition) is 0. The second kappa shape index (κ2) is 12.3. The molecule has 2 nitrogen and oxygen atoms in total. The SMILES string of the molecule is c1ccc(-c2ccc(-c3ccc(N(c4ccccc4)c4ccc5c(c4)C4(c6ccccc6-5)c5ccccc5-c5c4ccc4c5oc5ccccc54)cc3)cc2)cc1. The molecule has 0 saturated carbocycles. The zero-order valence-electron chi connectivity index (χ0n) is 31.1. The van der Waals surface area contributed by atoms with Crippen LogP contribution in [0.2, 0.25) is 0 Å². The van der Waals surface area contributed by atoms with Gasteiger partial charge < -0.3 is 9.32 Å². The highest BCUT2D eigenvalue weighted by molar-refractivity contribution is 6.13. The molecule has 1 heterocycles. The summed E-state index contributed by atoms with van der Waals surface area (Å²) in [6, 6.07) is 77.3. The zero-order valence-corrected chi connectivity index (χ0v) is 31.1. The summed E-state index contributed by atoms with van der Waals surface area (Å²) in [5.41, 5.74) is 19.7. The standard InChI is InChI=1S/C55H35NO/c1-3-13-36(14-4-1)37-23-25-38(26-24-37)39-27-29-41(30-28-39)56(40-15-5-2-6-16-40)42-31-32-44-43-17-7-10-20-48(43)55(51(44)35-42)49-21-11-8-19-47(49)53-50(55)34-33-46-45-18-9-12-22-52(45)57-54(46)53/h1-35H. The Labute approximate surface area is 331 Å². The molecule has 1 spiro atoms. The predicted octanol–water partition coefficient (Wildman–Crippen LogP) is 14.7. The van der Waals surface area contributed by atoms with Crippen molar-refractivity contribution in [3.05, 3.63) is 235 Å². The average Bonchev–Trinajstić information content (AvgIpc) is 3.91. The first-order chi connectivity index (χ1) is 28.3. The minimum atomic E-state index is -0.515. The van der Waals surface area contributed by atoms with Gasteiger partial charge in [-0.15, -0.1) is 0 Å². The number of furan rings is 1. The maximum Gasteiger partial charge on any atom is 0.143 e. The molecular formula is C55H35NO. The van der Waals surface area contributed by atoms with Crippen LogP contribution in [-0.2, 0) is 5.41 Å². The minimum Gasteiger partial charge on any atom is -0.455 e. The van der Waals surface area contributed by atoms with E-state index in [2.05, 4.69) is 217 Å². The van der Waals surface area contributed by atoms with E-state index in [-0.39, 0.29) is 0 Å².